The highest BCUT2D eigenvalue weighted by Crippen LogP contribution is 2.27. The first-order chi connectivity index (χ1) is 8.22. The fraction of sp³-hybridized carbons (Fsp3) is 0.167. The molecule has 5 heteroatoms. The number of rotatable bonds is 3. The van der Waals surface area contributed by atoms with Crippen molar-refractivity contribution in [1.82, 2.24) is 9.78 Å². The van der Waals surface area contributed by atoms with Gasteiger partial charge in [0.15, 0.2) is 0 Å². The Morgan fingerprint density at radius 2 is 2.18 bits per heavy atom. The van der Waals surface area contributed by atoms with Crippen LogP contribution in [0.5, 0.6) is 0 Å². The zero-order valence-electron chi connectivity index (χ0n) is 9.10. The van der Waals surface area contributed by atoms with Crippen molar-refractivity contribution in [2.45, 2.75) is 13.0 Å². The van der Waals surface area contributed by atoms with Gasteiger partial charge in [0.2, 0.25) is 0 Å². The number of benzene rings is 1. The predicted molar refractivity (Wildman–Crippen MR) is 70.0 cm³/mol. The second-order valence-electron chi connectivity index (χ2n) is 3.57. The van der Waals surface area contributed by atoms with Gasteiger partial charge in [-0.15, -0.1) is 0 Å². The van der Waals surface area contributed by atoms with E-state index in [1.165, 1.54) is 0 Å². The van der Waals surface area contributed by atoms with E-state index >= 15 is 0 Å². The summed E-state index contributed by atoms with van der Waals surface area (Å²) in [5.74, 6) is 0.575. The van der Waals surface area contributed by atoms with Crippen LogP contribution in [0.15, 0.2) is 34.8 Å². The molecular weight excluding hydrogens is 280 g/mol. The second kappa shape index (κ2) is 5.02. The summed E-state index contributed by atoms with van der Waals surface area (Å²) in [4.78, 5) is 0. The average Bonchev–Trinajstić information content (AvgIpc) is 2.68. The number of hydrogen-bond acceptors (Lipinski definition) is 3. The molecule has 0 aliphatic rings. The number of aryl methyl sites for hydroxylation is 1. The molecule has 1 aromatic carbocycles. The van der Waals surface area contributed by atoms with E-state index in [1.807, 2.05) is 30.3 Å². The topological polar surface area (TPSA) is 67.6 Å². The lowest BCUT2D eigenvalue weighted by atomic mass is 10.1. The first kappa shape index (κ1) is 11.7. The first-order valence-corrected chi connectivity index (χ1v) is 5.97. The monoisotopic (exact) mass is 290 g/mol. The number of halogens is 1. The van der Waals surface area contributed by atoms with Crippen molar-refractivity contribution in [2.75, 3.05) is 5.73 Å². The van der Waals surface area contributed by atoms with Gasteiger partial charge in [0, 0.05) is 16.1 Å². The average molecular weight is 291 g/mol. The molecule has 0 saturated carbocycles. The minimum Gasteiger partial charge on any atom is -0.384 e. The van der Waals surface area contributed by atoms with E-state index in [-0.39, 0.29) is 0 Å². The van der Waals surface area contributed by atoms with Crippen LogP contribution in [0.3, 0.4) is 0 Å². The van der Waals surface area contributed by atoms with Gasteiger partial charge in [-0.2, -0.15) is 10.4 Å². The van der Waals surface area contributed by atoms with Gasteiger partial charge in [-0.3, -0.25) is 0 Å². The van der Waals surface area contributed by atoms with E-state index in [4.69, 9.17) is 11.0 Å². The van der Waals surface area contributed by atoms with E-state index in [0.717, 1.165) is 15.7 Å². The zero-order valence-corrected chi connectivity index (χ0v) is 10.7. The summed E-state index contributed by atoms with van der Waals surface area (Å²) < 4.78 is 2.63. The molecule has 1 aromatic heterocycles. The molecule has 2 rings (SSSR count). The van der Waals surface area contributed by atoms with Gasteiger partial charge < -0.3 is 5.73 Å². The van der Waals surface area contributed by atoms with Crippen LogP contribution in [-0.4, -0.2) is 9.78 Å². The highest BCUT2D eigenvalue weighted by atomic mass is 79.9. The highest BCUT2D eigenvalue weighted by Gasteiger charge is 2.09. The molecule has 0 unspecified atom stereocenters. The Morgan fingerprint density at radius 3 is 2.88 bits per heavy atom. The summed E-state index contributed by atoms with van der Waals surface area (Å²) in [7, 11) is 0. The fourth-order valence-corrected chi connectivity index (χ4v) is 2.05. The summed E-state index contributed by atoms with van der Waals surface area (Å²) in [6, 6.07) is 11.7. The van der Waals surface area contributed by atoms with Crippen molar-refractivity contribution < 1.29 is 0 Å². The molecule has 0 radical (unpaired) electrons. The molecule has 0 fully saturated rings. The Bertz CT molecular complexity index is 568. The standard InChI is InChI=1S/C12H11BrN4/c13-10-5-2-1-4-9(10)11-8-12(15)17(16-11)7-3-6-14/h1-2,4-5,8H,3,7,15H2. The van der Waals surface area contributed by atoms with Crippen molar-refractivity contribution in [2.24, 2.45) is 0 Å². The summed E-state index contributed by atoms with van der Waals surface area (Å²) in [6.07, 6.45) is 0.404. The van der Waals surface area contributed by atoms with Gasteiger partial charge >= 0.3 is 0 Å². The molecule has 4 nitrogen and oxygen atoms in total. The SMILES string of the molecule is N#CCCn1nc(-c2ccccc2Br)cc1N. The second-order valence-corrected chi connectivity index (χ2v) is 4.42. The number of nitriles is 1. The van der Waals surface area contributed by atoms with Gasteiger partial charge in [0.05, 0.1) is 24.7 Å². The van der Waals surface area contributed by atoms with Gasteiger partial charge in [0.25, 0.3) is 0 Å². The Balaban J connectivity index is 2.35. The number of nitrogens with zero attached hydrogens (tertiary/aromatic N) is 3. The molecule has 0 aliphatic heterocycles. The Labute approximate surface area is 108 Å². The predicted octanol–water partition coefficient (Wildman–Crippen LogP) is 2.81. The number of nitrogens with two attached hydrogens (primary N) is 1. The summed E-state index contributed by atoms with van der Waals surface area (Å²) in [5.41, 5.74) is 7.65. The molecule has 0 atom stereocenters. The molecule has 2 aromatic rings. The summed E-state index contributed by atoms with van der Waals surface area (Å²) >= 11 is 3.48. The number of hydrogen-bond donors (Lipinski definition) is 1. The minimum absolute atomic E-state index is 0.404. The highest BCUT2D eigenvalue weighted by molar-refractivity contribution is 9.10. The van der Waals surface area contributed by atoms with E-state index in [9.17, 15) is 0 Å². The molecule has 2 N–H and O–H groups in total. The van der Waals surface area contributed by atoms with Crippen LogP contribution >= 0.6 is 15.9 Å². The van der Waals surface area contributed by atoms with Gasteiger partial charge in [-0.1, -0.05) is 34.1 Å². The van der Waals surface area contributed by atoms with E-state index in [0.29, 0.717) is 18.8 Å². The van der Waals surface area contributed by atoms with Crippen LogP contribution in [0.4, 0.5) is 5.82 Å². The normalized spacial score (nSPS) is 10.1. The van der Waals surface area contributed by atoms with Crippen molar-refractivity contribution in [3.63, 3.8) is 0 Å². The molecule has 0 bridgehead atoms. The smallest absolute Gasteiger partial charge is 0.122 e. The fourth-order valence-electron chi connectivity index (χ4n) is 1.57. The third kappa shape index (κ3) is 2.48. The molecule has 0 saturated heterocycles. The largest absolute Gasteiger partial charge is 0.384 e. The van der Waals surface area contributed by atoms with Crippen LogP contribution in [0.1, 0.15) is 6.42 Å². The lowest BCUT2D eigenvalue weighted by molar-refractivity contribution is 0.639. The quantitative estimate of drug-likeness (QED) is 0.945. The summed E-state index contributed by atoms with van der Waals surface area (Å²) in [5, 5.41) is 12.9. The molecule has 86 valence electrons. The van der Waals surface area contributed by atoms with E-state index in [2.05, 4.69) is 27.1 Å². The van der Waals surface area contributed by atoms with E-state index in [1.54, 1.807) is 4.68 Å². The van der Waals surface area contributed by atoms with Crippen LogP contribution in [0.2, 0.25) is 0 Å². The molecule has 0 amide bonds. The number of nitrogen functional groups attached to an aromatic ring is 1. The number of aromatic nitrogens is 2. The lowest BCUT2D eigenvalue weighted by Gasteiger charge is -2.00. The van der Waals surface area contributed by atoms with Gasteiger partial charge in [-0.25, -0.2) is 4.68 Å². The number of anilines is 1. The maximum Gasteiger partial charge on any atom is 0.122 e. The van der Waals surface area contributed by atoms with Crippen molar-refractivity contribution in [3.8, 4) is 17.3 Å². The van der Waals surface area contributed by atoms with Crippen molar-refractivity contribution >= 4 is 21.7 Å². The van der Waals surface area contributed by atoms with E-state index < -0.39 is 0 Å². The minimum atomic E-state index is 0.404. The van der Waals surface area contributed by atoms with Crippen LogP contribution in [0, 0.1) is 11.3 Å². The van der Waals surface area contributed by atoms with Crippen molar-refractivity contribution in [3.05, 3.63) is 34.8 Å². The Hall–Kier alpha value is -1.80. The molecule has 0 aliphatic carbocycles. The van der Waals surface area contributed by atoms with Gasteiger partial charge in [-0.05, 0) is 6.07 Å². The lowest BCUT2D eigenvalue weighted by Crippen LogP contribution is -2.03. The Kier molecular flexibility index (Phi) is 3.45. The maximum atomic E-state index is 8.55. The third-order valence-corrected chi connectivity index (χ3v) is 3.09. The molecule has 1 heterocycles. The third-order valence-electron chi connectivity index (χ3n) is 2.40. The van der Waals surface area contributed by atoms with Crippen LogP contribution in [0.25, 0.3) is 11.3 Å². The first-order valence-electron chi connectivity index (χ1n) is 5.17. The molecular formula is C12H11BrN4. The summed E-state index contributed by atoms with van der Waals surface area (Å²) in [6.45, 7) is 0.521. The zero-order chi connectivity index (χ0) is 12.3. The Morgan fingerprint density at radius 1 is 1.41 bits per heavy atom. The molecule has 17 heavy (non-hydrogen) atoms. The molecule has 0 spiro atoms. The van der Waals surface area contributed by atoms with Crippen molar-refractivity contribution in [1.29, 1.82) is 5.26 Å². The maximum absolute atomic E-state index is 8.55. The van der Waals surface area contributed by atoms with Gasteiger partial charge in [0.1, 0.15) is 5.82 Å². The van der Waals surface area contributed by atoms with Crippen LogP contribution < -0.4 is 5.73 Å². The van der Waals surface area contributed by atoms with Crippen LogP contribution in [-0.2, 0) is 6.54 Å².